The van der Waals surface area contributed by atoms with Crippen molar-refractivity contribution in [2.45, 2.75) is 24.7 Å². The van der Waals surface area contributed by atoms with Crippen molar-refractivity contribution in [1.29, 1.82) is 0 Å². The third-order valence-corrected chi connectivity index (χ3v) is 5.60. The third kappa shape index (κ3) is 4.34. The molecule has 10 heteroatoms. The maximum atomic E-state index is 13.8. The molecule has 0 aliphatic carbocycles. The van der Waals surface area contributed by atoms with E-state index >= 15 is 0 Å². The van der Waals surface area contributed by atoms with Crippen LogP contribution < -0.4 is 10.6 Å². The van der Waals surface area contributed by atoms with E-state index in [2.05, 4.69) is 15.7 Å². The van der Waals surface area contributed by atoms with Gasteiger partial charge >= 0.3 is 6.18 Å². The molecule has 0 saturated carbocycles. The third-order valence-electron chi connectivity index (χ3n) is 5.27. The lowest BCUT2D eigenvalue weighted by Crippen LogP contribution is -2.37. The van der Waals surface area contributed by atoms with Crippen LogP contribution in [0.5, 0.6) is 0 Å². The van der Waals surface area contributed by atoms with Crippen molar-refractivity contribution < 1.29 is 22.8 Å². The van der Waals surface area contributed by atoms with Gasteiger partial charge in [0, 0.05) is 12.0 Å². The number of hydrogen-bond donors (Lipinski definition) is 2. The number of halogens is 4. The van der Waals surface area contributed by atoms with Gasteiger partial charge in [0.15, 0.2) is 11.8 Å². The topological polar surface area (TPSA) is 76.0 Å². The average Bonchev–Trinajstić information content (AvgIpc) is 3.21. The summed E-state index contributed by atoms with van der Waals surface area (Å²) in [7, 11) is 0. The Morgan fingerprint density at radius 1 is 1.09 bits per heavy atom. The fourth-order valence-electron chi connectivity index (χ4n) is 3.67. The van der Waals surface area contributed by atoms with Gasteiger partial charge in [0.2, 0.25) is 0 Å². The number of aromatic nitrogens is 2. The van der Waals surface area contributed by atoms with Gasteiger partial charge in [0.05, 0.1) is 23.8 Å². The summed E-state index contributed by atoms with van der Waals surface area (Å²) in [6, 6.07) is 12.5. The molecular formula is C22H18ClF3N4O2. The molecule has 0 spiro atoms. The molecule has 0 unspecified atom stereocenters. The number of alkyl halides is 3. The summed E-state index contributed by atoms with van der Waals surface area (Å²) >= 11 is 6.00. The minimum Gasteiger partial charge on any atom is -0.363 e. The molecule has 2 atom stereocenters. The Labute approximate surface area is 186 Å². The summed E-state index contributed by atoms with van der Waals surface area (Å²) in [6.07, 6.45) is -3.75. The molecule has 2 aromatic carbocycles. The summed E-state index contributed by atoms with van der Waals surface area (Å²) < 4.78 is 42.0. The summed E-state index contributed by atoms with van der Waals surface area (Å²) in [4.78, 5) is 25.1. The standard InChI is InChI=1S/C22H18ClF3N4O2/c23-16-9-5-4-8-14(16)18(31)12-27-21(32)15-11-28-30-19(22(24,25)26)10-17(29-20(15)30)13-6-2-1-3-7-13/h1-9,11,17,19,29H,10,12H2,(H,27,32)/t17-,19+/m0/s1. The number of anilines is 1. The smallest absolute Gasteiger partial charge is 0.363 e. The first kappa shape index (κ1) is 21.9. The minimum atomic E-state index is -4.55. The number of amides is 1. The Balaban J connectivity index is 1.58. The van der Waals surface area contributed by atoms with E-state index in [-0.39, 0.29) is 34.9 Å². The van der Waals surface area contributed by atoms with Gasteiger partial charge in [-0.15, -0.1) is 0 Å². The van der Waals surface area contributed by atoms with E-state index in [4.69, 9.17) is 11.6 Å². The van der Waals surface area contributed by atoms with E-state index in [1.54, 1.807) is 48.5 Å². The molecule has 6 nitrogen and oxygen atoms in total. The van der Waals surface area contributed by atoms with Gasteiger partial charge in [0.1, 0.15) is 11.4 Å². The van der Waals surface area contributed by atoms with Gasteiger partial charge in [0.25, 0.3) is 5.91 Å². The predicted octanol–water partition coefficient (Wildman–Crippen LogP) is 4.81. The Hall–Kier alpha value is -3.33. The molecule has 3 aromatic rings. The summed E-state index contributed by atoms with van der Waals surface area (Å²) in [5.74, 6) is -1.18. The molecular weight excluding hydrogens is 445 g/mol. The van der Waals surface area contributed by atoms with E-state index in [0.717, 1.165) is 10.9 Å². The molecule has 1 aliphatic rings. The molecule has 32 heavy (non-hydrogen) atoms. The number of carbonyl (C=O) groups excluding carboxylic acids is 2. The lowest BCUT2D eigenvalue weighted by molar-refractivity contribution is -0.173. The SMILES string of the molecule is O=C(CNC(=O)c1cnn2c1N[C@H](c1ccccc1)C[C@@H]2C(F)(F)F)c1ccccc1Cl. The molecule has 4 rings (SSSR count). The van der Waals surface area contributed by atoms with Crippen LogP contribution >= 0.6 is 11.6 Å². The minimum absolute atomic E-state index is 0.0462. The number of ketones is 1. The van der Waals surface area contributed by atoms with Crippen LogP contribution in [0.4, 0.5) is 19.0 Å². The van der Waals surface area contributed by atoms with Crippen LogP contribution in [0.1, 0.15) is 44.8 Å². The molecule has 2 N–H and O–H groups in total. The predicted molar refractivity (Wildman–Crippen MR) is 113 cm³/mol. The monoisotopic (exact) mass is 462 g/mol. The Kier molecular flexibility index (Phi) is 5.92. The second-order valence-corrected chi connectivity index (χ2v) is 7.75. The fraction of sp³-hybridized carbons (Fsp3) is 0.227. The number of nitrogens with one attached hydrogen (secondary N) is 2. The van der Waals surface area contributed by atoms with Crippen LogP contribution in [0, 0.1) is 0 Å². The molecule has 2 heterocycles. The maximum absolute atomic E-state index is 13.8. The van der Waals surface area contributed by atoms with E-state index in [1.807, 2.05) is 0 Å². The zero-order valence-electron chi connectivity index (χ0n) is 16.6. The van der Waals surface area contributed by atoms with E-state index in [1.165, 1.54) is 6.07 Å². The van der Waals surface area contributed by atoms with Crippen LogP contribution in [-0.4, -0.2) is 34.2 Å². The Morgan fingerprint density at radius 2 is 1.78 bits per heavy atom. The largest absolute Gasteiger partial charge is 0.410 e. The van der Waals surface area contributed by atoms with E-state index in [0.29, 0.717) is 5.56 Å². The maximum Gasteiger partial charge on any atom is 0.410 e. The zero-order valence-corrected chi connectivity index (χ0v) is 17.3. The number of Topliss-reactive ketones (excluding diaryl/α,β-unsaturated/α-hetero) is 1. The second-order valence-electron chi connectivity index (χ2n) is 7.34. The normalized spacial score (nSPS) is 17.9. The summed E-state index contributed by atoms with van der Waals surface area (Å²) in [5, 5.41) is 9.52. The summed E-state index contributed by atoms with van der Waals surface area (Å²) in [6.45, 7) is -0.363. The first-order valence-corrected chi connectivity index (χ1v) is 10.1. The summed E-state index contributed by atoms with van der Waals surface area (Å²) in [5.41, 5.74) is 0.826. The van der Waals surface area contributed by atoms with Crippen LogP contribution in [-0.2, 0) is 0 Å². The van der Waals surface area contributed by atoms with Crippen LogP contribution in [0.25, 0.3) is 0 Å². The van der Waals surface area contributed by atoms with Crippen molar-refractivity contribution in [1.82, 2.24) is 15.1 Å². The van der Waals surface area contributed by atoms with Crippen molar-refractivity contribution >= 4 is 29.1 Å². The van der Waals surface area contributed by atoms with Crippen molar-refractivity contribution in [2.24, 2.45) is 0 Å². The number of hydrogen-bond acceptors (Lipinski definition) is 4. The van der Waals surface area contributed by atoms with Crippen molar-refractivity contribution in [2.75, 3.05) is 11.9 Å². The highest BCUT2D eigenvalue weighted by Crippen LogP contribution is 2.44. The average molecular weight is 463 g/mol. The van der Waals surface area contributed by atoms with Gasteiger partial charge < -0.3 is 10.6 Å². The number of benzene rings is 2. The molecule has 166 valence electrons. The number of fused-ring (bicyclic) bond motifs is 1. The molecule has 0 saturated heterocycles. The van der Waals surface area contributed by atoms with Gasteiger partial charge in [-0.3, -0.25) is 9.59 Å². The van der Waals surface area contributed by atoms with Gasteiger partial charge in [-0.1, -0.05) is 54.1 Å². The van der Waals surface area contributed by atoms with E-state index in [9.17, 15) is 22.8 Å². The Bertz CT molecular complexity index is 1150. The molecule has 0 radical (unpaired) electrons. The van der Waals surface area contributed by atoms with Crippen LogP contribution in [0.2, 0.25) is 5.02 Å². The molecule has 0 fully saturated rings. The van der Waals surface area contributed by atoms with Crippen LogP contribution in [0.3, 0.4) is 0 Å². The highest BCUT2D eigenvalue weighted by atomic mass is 35.5. The molecule has 1 aliphatic heterocycles. The quantitative estimate of drug-likeness (QED) is 0.533. The van der Waals surface area contributed by atoms with Crippen molar-refractivity contribution in [3.05, 3.63) is 82.5 Å². The van der Waals surface area contributed by atoms with Crippen LogP contribution in [0.15, 0.2) is 60.8 Å². The van der Waals surface area contributed by atoms with Gasteiger partial charge in [-0.25, -0.2) is 4.68 Å². The first-order chi connectivity index (χ1) is 15.3. The number of carbonyl (C=O) groups is 2. The molecule has 0 bridgehead atoms. The highest BCUT2D eigenvalue weighted by Gasteiger charge is 2.47. The number of nitrogens with zero attached hydrogens (tertiary/aromatic N) is 2. The number of rotatable bonds is 5. The molecule has 1 amide bonds. The lowest BCUT2D eigenvalue weighted by Gasteiger charge is -2.34. The molecule has 1 aromatic heterocycles. The van der Waals surface area contributed by atoms with Crippen molar-refractivity contribution in [3.8, 4) is 0 Å². The first-order valence-electron chi connectivity index (χ1n) is 9.77. The highest BCUT2D eigenvalue weighted by molar-refractivity contribution is 6.34. The van der Waals surface area contributed by atoms with E-state index < -0.39 is 30.0 Å². The Morgan fingerprint density at radius 3 is 2.47 bits per heavy atom. The van der Waals surface area contributed by atoms with Gasteiger partial charge in [-0.05, 0) is 17.7 Å². The second kappa shape index (κ2) is 8.66. The lowest BCUT2D eigenvalue weighted by atomic mass is 9.96. The van der Waals surface area contributed by atoms with Crippen molar-refractivity contribution in [3.63, 3.8) is 0 Å². The van der Waals surface area contributed by atoms with Gasteiger partial charge in [-0.2, -0.15) is 18.3 Å². The fourth-order valence-corrected chi connectivity index (χ4v) is 3.91. The zero-order chi connectivity index (χ0) is 22.9.